The minimum absolute atomic E-state index is 0.151. The molecule has 1 aromatic heterocycles. The summed E-state index contributed by atoms with van der Waals surface area (Å²) in [6.07, 6.45) is 0. The van der Waals surface area contributed by atoms with Gasteiger partial charge in [0.15, 0.2) is 0 Å². The molecule has 3 nitrogen and oxygen atoms in total. The van der Waals surface area contributed by atoms with Gasteiger partial charge in [-0.05, 0) is 17.7 Å². The summed E-state index contributed by atoms with van der Waals surface area (Å²) in [7, 11) is 0. The molecular weight excluding hydrogens is 198 g/mol. The molecule has 0 radical (unpaired) electrons. The fourth-order valence-electron chi connectivity index (χ4n) is 1.68. The first-order valence-corrected chi connectivity index (χ1v) is 5.26. The van der Waals surface area contributed by atoms with Crippen LogP contribution in [0.15, 0.2) is 42.5 Å². The van der Waals surface area contributed by atoms with E-state index in [-0.39, 0.29) is 5.41 Å². The maximum atomic E-state index is 5.54. The van der Waals surface area contributed by atoms with E-state index in [9.17, 15) is 0 Å². The van der Waals surface area contributed by atoms with Gasteiger partial charge in [-0.15, -0.1) is 5.10 Å². The Morgan fingerprint density at radius 1 is 0.938 bits per heavy atom. The van der Waals surface area contributed by atoms with Gasteiger partial charge in [-0.25, -0.2) is 0 Å². The smallest absolute Gasteiger partial charge is 0.146 e. The van der Waals surface area contributed by atoms with Crippen LogP contribution in [0.1, 0.15) is 25.1 Å². The highest BCUT2D eigenvalue weighted by Crippen LogP contribution is 2.29. The lowest BCUT2D eigenvalue weighted by molar-refractivity contribution is 0.605. The van der Waals surface area contributed by atoms with E-state index in [2.05, 4.69) is 36.2 Å². The third kappa shape index (κ3) is 1.89. The number of nitrogen functional groups attached to an aromatic ring is 1. The molecule has 2 N–H and O–H groups in total. The third-order valence-corrected chi connectivity index (χ3v) is 2.82. The van der Waals surface area contributed by atoms with Crippen LogP contribution in [0.5, 0.6) is 0 Å². The lowest BCUT2D eigenvalue weighted by atomic mass is 9.81. The van der Waals surface area contributed by atoms with E-state index in [1.165, 1.54) is 5.56 Å². The number of hydrogen-bond donors (Lipinski definition) is 1. The summed E-state index contributed by atoms with van der Waals surface area (Å²) in [5.74, 6) is 0.451. The molecule has 3 heteroatoms. The SMILES string of the molecule is CC(C)(c1ccccc1)c1ccc(N)nn1. The zero-order chi connectivity index (χ0) is 11.6. The Bertz CT molecular complexity index is 460. The number of nitrogens with two attached hydrogens (primary N) is 1. The molecular formula is C13H15N3. The van der Waals surface area contributed by atoms with Gasteiger partial charge in [0.1, 0.15) is 5.82 Å². The highest BCUT2D eigenvalue weighted by Gasteiger charge is 2.24. The minimum Gasteiger partial charge on any atom is -0.382 e. The normalized spacial score (nSPS) is 11.4. The average molecular weight is 213 g/mol. The van der Waals surface area contributed by atoms with Crippen molar-refractivity contribution >= 4 is 5.82 Å². The van der Waals surface area contributed by atoms with Crippen molar-refractivity contribution in [3.63, 3.8) is 0 Å². The monoisotopic (exact) mass is 213 g/mol. The number of anilines is 1. The lowest BCUT2D eigenvalue weighted by Crippen LogP contribution is -2.21. The predicted molar refractivity (Wildman–Crippen MR) is 65.0 cm³/mol. The zero-order valence-electron chi connectivity index (χ0n) is 9.51. The van der Waals surface area contributed by atoms with Crippen LogP contribution in [0.25, 0.3) is 0 Å². The highest BCUT2D eigenvalue weighted by molar-refractivity contribution is 5.35. The van der Waals surface area contributed by atoms with Crippen molar-refractivity contribution in [2.24, 2.45) is 0 Å². The molecule has 0 fully saturated rings. The van der Waals surface area contributed by atoms with Gasteiger partial charge in [0, 0.05) is 5.41 Å². The van der Waals surface area contributed by atoms with Crippen molar-refractivity contribution in [2.75, 3.05) is 5.73 Å². The van der Waals surface area contributed by atoms with Crippen LogP contribution < -0.4 is 5.73 Å². The summed E-state index contributed by atoms with van der Waals surface area (Å²) >= 11 is 0. The Kier molecular flexibility index (Phi) is 2.60. The summed E-state index contributed by atoms with van der Waals surface area (Å²) < 4.78 is 0. The molecule has 2 rings (SSSR count). The third-order valence-electron chi connectivity index (χ3n) is 2.82. The number of rotatable bonds is 2. The fourth-order valence-corrected chi connectivity index (χ4v) is 1.68. The van der Waals surface area contributed by atoms with E-state index in [0.717, 1.165) is 5.69 Å². The quantitative estimate of drug-likeness (QED) is 0.833. The number of hydrogen-bond acceptors (Lipinski definition) is 3. The molecule has 0 bridgehead atoms. The molecule has 0 atom stereocenters. The fraction of sp³-hybridized carbons (Fsp3) is 0.231. The minimum atomic E-state index is -0.151. The van der Waals surface area contributed by atoms with Crippen molar-refractivity contribution in [2.45, 2.75) is 19.3 Å². The van der Waals surface area contributed by atoms with Gasteiger partial charge in [-0.1, -0.05) is 44.2 Å². The van der Waals surface area contributed by atoms with Crippen LogP contribution in [0.2, 0.25) is 0 Å². The predicted octanol–water partition coefficient (Wildman–Crippen LogP) is 2.38. The number of benzene rings is 1. The van der Waals surface area contributed by atoms with Gasteiger partial charge in [0.25, 0.3) is 0 Å². The van der Waals surface area contributed by atoms with E-state index in [1.54, 1.807) is 6.07 Å². The van der Waals surface area contributed by atoms with Gasteiger partial charge in [-0.3, -0.25) is 0 Å². The molecule has 0 aliphatic rings. The molecule has 1 heterocycles. The van der Waals surface area contributed by atoms with E-state index >= 15 is 0 Å². The summed E-state index contributed by atoms with van der Waals surface area (Å²) in [4.78, 5) is 0. The van der Waals surface area contributed by atoms with Gasteiger partial charge >= 0.3 is 0 Å². The first-order chi connectivity index (χ1) is 7.60. The van der Waals surface area contributed by atoms with E-state index < -0.39 is 0 Å². The Labute approximate surface area is 95.3 Å². The maximum absolute atomic E-state index is 5.54. The van der Waals surface area contributed by atoms with Crippen LogP contribution in [-0.2, 0) is 5.41 Å². The maximum Gasteiger partial charge on any atom is 0.146 e. The Morgan fingerprint density at radius 3 is 2.19 bits per heavy atom. The number of nitrogens with zero attached hydrogens (tertiary/aromatic N) is 2. The molecule has 2 aromatic rings. The molecule has 0 amide bonds. The van der Waals surface area contributed by atoms with E-state index in [4.69, 9.17) is 5.73 Å². The average Bonchev–Trinajstić information content (AvgIpc) is 2.31. The molecule has 0 saturated carbocycles. The molecule has 0 spiro atoms. The molecule has 82 valence electrons. The zero-order valence-corrected chi connectivity index (χ0v) is 9.51. The van der Waals surface area contributed by atoms with Crippen molar-refractivity contribution in [3.8, 4) is 0 Å². The molecule has 1 aromatic carbocycles. The molecule has 0 unspecified atom stereocenters. The first-order valence-electron chi connectivity index (χ1n) is 5.26. The second kappa shape index (κ2) is 3.93. The molecule has 0 aliphatic heterocycles. The highest BCUT2D eigenvalue weighted by atomic mass is 15.1. The molecule has 0 saturated heterocycles. The van der Waals surface area contributed by atoms with Gasteiger partial charge in [0.05, 0.1) is 5.69 Å². The lowest BCUT2D eigenvalue weighted by Gasteiger charge is -2.23. The second-order valence-corrected chi connectivity index (χ2v) is 4.33. The van der Waals surface area contributed by atoms with Crippen LogP contribution in [0, 0.1) is 0 Å². The van der Waals surface area contributed by atoms with Gasteiger partial charge in [-0.2, -0.15) is 5.10 Å². The van der Waals surface area contributed by atoms with Crippen LogP contribution >= 0.6 is 0 Å². The van der Waals surface area contributed by atoms with Crippen molar-refractivity contribution in [3.05, 3.63) is 53.7 Å². The topological polar surface area (TPSA) is 51.8 Å². The molecule has 16 heavy (non-hydrogen) atoms. The summed E-state index contributed by atoms with van der Waals surface area (Å²) in [5.41, 5.74) is 7.52. The van der Waals surface area contributed by atoms with Crippen LogP contribution in [-0.4, -0.2) is 10.2 Å². The van der Waals surface area contributed by atoms with Crippen LogP contribution in [0.4, 0.5) is 5.82 Å². The summed E-state index contributed by atoms with van der Waals surface area (Å²) in [6.45, 7) is 4.26. The van der Waals surface area contributed by atoms with Crippen molar-refractivity contribution in [1.82, 2.24) is 10.2 Å². The molecule has 0 aliphatic carbocycles. The van der Waals surface area contributed by atoms with Gasteiger partial charge < -0.3 is 5.73 Å². The Hall–Kier alpha value is -1.90. The van der Waals surface area contributed by atoms with Crippen molar-refractivity contribution < 1.29 is 0 Å². The van der Waals surface area contributed by atoms with Crippen LogP contribution in [0.3, 0.4) is 0 Å². The standard InChI is InChI=1S/C13H15N3/c1-13(2,10-6-4-3-5-7-10)11-8-9-12(14)16-15-11/h3-9H,1-2H3,(H2,14,16). The van der Waals surface area contributed by atoms with Gasteiger partial charge in [0.2, 0.25) is 0 Å². The Morgan fingerprint density at radius 2 is 1.62 bits per heavy atom. The summed E-state index contributed by atoms with van der Waals surface area (Å²) in [6, 6.07) is 14.0. The second-order valence-electron chi connectivity index (χ2n) is 4.33. The largest absolute Gasteiger partial charge is 0.382 e. The van der Waals surface area contributed by atoms with Crippen molar-refractivity contribution in [1.29, 1.82) is 0 Å². The van der Waals surface area contributed by atoms with E-state index in [0.29, 0.717) is 5.82 Å². The number of aromatic nitrogens is 2. The Balaban J connectivity index is 2.43. The summed E-state index contributed by atoms with van der Waals surface area (Å²) in [5, 5.41) is 8.05. The first kappa shape index (κ1) is 10.6. The van der Waals surface area contributed by atoms with E-state index in [1.807, 2.05) is 24.3 Å².